The molecule has 1 aliphatic rings. The average Bonchev–Trinajstić information content (AvgIpc) is 3.10. The third-order valence-corrected chi connectivity index (χ3v) is 4.60. The Hall–Kier alpha value is -2.70. The molecule has 2 aromatic rings. The van der Waals surface area contributed by atoms with Crippen LogP contribution in [0.1, 0.15) is 27.0 Å². The maximum absolute atomic E-state index is 11.7. The second kappa shape index (κ2) is 8.58. The Morgan fingerprint density at radius 1 is 1.03 bits per heavy atom. The van der Waals surface area contributed by atoms with E-state index in [-0.39, 0.29) is 34.2 Å². The van der Waals surface area contributed by atoms with Gasteiger partial charge in [-0.05, 0) is 11.6 Å². The topological polar surface area (TPSA) is 158 Å². The molecule has 0 aromatic carbocycles. The molecular weight excluding hydrogens is 445 g/mol. The lowest BCUT2D eigenvalue weighted by Crippen LogP contribution is -2.40. The molecular formula is C16H17Cl2N5O7. The lowest BCUT2D eigenvalue weighted by Gasteiger charge is -2.24. The zero-order valence-electron chi connectivity index (χ0n) is 16.0. The minimum absolute atomic E-state index is 0.0480. The molecule has 0 amide bonds. The molecule has 2 aromatic heterocycles. The number of imidazole rings is 1. The normalized spacial score (nSPS) is 23.4. The van der Waals surface area contributed by atoms with Crippen molar-refractivity contribution in [1.29, 1.82) is 0 Å². The number of ether oxygens (including phenoxy) is 4. The molecule has 0 unspecified atom stereocenters. The van der Waals surface area contributed by atoms with Crippen molar-refractivity contribution < 1.29 is 33.3 Å². The van der Waals surface area contributed by atoms with Crippen LogP contribution in [0.4, 0.5) is 5.95 Å². The molecule has 1 aliphatic heterocycles. The summed E-state index contributed by atoms with van der Waals surface area (Å²) in [6, 6.07) is 0. The number of esters is 3. The van der Waals surface area contributed by atoms with Gasteiger partial charge in [0, 0.05) is 20.8 Å². The van der Waals surface area contributed by atoms with Crippen LogP contribution in [0, 0.1) is 0 Å². The van der Waals surface area contributed by atoms with Gasteiger partial charge < -0.3 is 24.7 Å². The van der Waals surface area contributed by atoms with Gasteiger partial charge in [-0.25, -0.2) is 4.98 Å². The highest BCUT2D eigenvalue weighted by Gasteiger charge is 2.51. The van der Waals surface area contributed by atoms with E-state index in [1.54, 1.807) is 0 Å². The predicted octanol–water partition coefficient (Wildman–Crippen LogP) is 1.04. The standard InChI is InChI=1S/C16H17Cl2N5O7/c1-5(24)27-4-8-10(28-6(2)25)11(29-7(3)26)14(30-8)23-13-9(20-15(23)18)12(17)21-16(19)22-13/h8,10-11,14H,4H2,1-3H3,(H2,19,21,22)/t8-,10-,11-,14+/m0/s1. The van der Waals surface area contributed by atoms with Gasteiger partial charge in [0.05, 0.1) is 0 Å². The van der Waals surface area contributed by atoms with Gasteiger partial charge in [0.1, 0.15) is 18.2 Å². The van der Waals surface area contributed by atoms with E-state index in [0.29, 0.717) is 0 Å². The first-order valence-electron chi connectivity index (χ1n) is 8.58. The maximum Gasteiger partial charge on any atom is 0.303 e. The number of halogens is 2. The number of fused-ring (bicyclic) bond motifs is 1. The number of aromatic nitrogens is 4. The first-order valence-corrected chi connectivity index (χ1v) is 9.33. The number of anilines is 1. The Balaban J connectivity index is 2.10. The van der Waals surface area contributed by atoms with Crippen molar-refractivity contribution >= 4 is 58.2 Å². The molecule has 0 bridgehead atoms. The minimum atomic E-state index is -1.17. The second-order valence-corrected chi connectivity index (χ2v) is 7.01. The number of nitrogens with zero attached hydrogens (tertiary/aromatic N) is 4. The second-order valence-electron chi connectivity index (χ2n) is 6.31. The largest absolute Gasteiger partial charge is 0.463 e. The van der Waals surface area contributed by atoms with Crippen molar-refractivity contribution in [3.63, 3.8) is 0 Å². The number of rotatable bonds is 5. The van der Waals surface area contributed by atoms with Gasteiger partial charge in [-0.1, -0.05) is 11.6 Å². The minimum Gasteiger partial charge on any atom is -0.463 e. The number of nitrogen functional groups attached to an aromatic ring is 1. The van der Waals surface area contributed by atoms with Crippen LogP contribution in [-0.4, -0.2) is 62.3 Å². The lowest BCUT2D eigenvalue weighted by molar-refractivity contribution is -0.166. The molecule has 1 saturated heterocycles. The maximum atomic E-state index is 11.7. The lowest BCUT2D eigenvalue weighted by atomic mass is 10.1. The van der Waals surface area contributed by atoms with E-state index in [1.807, 2.05) is 0 Å². The summed E-state index contributed by atoms with van der Waals surface area (Å²) in [6.45, 7) is 3.28. The molecule has 30 heavy (non-hydrogen) atoms. The Bertz CT molecular complexity index is 1010. The summed E-state index contributed by atoms with van der Waals surface area (Å²) in [5.74, 6) is -2.07. The fraction of sp³-hybridized carbons (Fsp3) is 0.500. The fourth-order valence-electron chi connectivity index (χ4n) is 3.06. The molecule has 0 aliphatic carbocycles. The molecule has 162 valence electrons. The summed E-state index contributed by atoms with van der Waals surface area (Å²) in [6.07, 6.45) is -4.41. The highest BCUT2D eigenvalue weighted by molar-refractivity contribution is 6.34. The van der Waals surface area contributed by atoms with Crippen LogP contribution in [0.3, 0.4) is 0 Å². The van der Waals surface area contributed by atoms with Crippen molar-refractivity contribution in [3.8, 4) is 0 Å². The quantitative estimate of drug-likeness (QED) is 0.293. The van der Waals surface area contributed by atoms with Crippen molar-refractivity contribution in [3.05, 3.63) is 10.4 Å². The first-order chi connectivity index (χ1) is 14.1. The van der Waals surface area contributed by atoms with Gasteiger partial charge in [-0.3, -0.25) is 19.0 Å². The van der Waals surface area contributed by atoms with Crippen LogP contribution in [-0.2, 0) is 33.3 Å². The third kappa shape index (κ3) is 4.40. The summed E-state index contributed by atoms with van der Waals surface area (Å²) in [5, 5.41) is -0.170. The monoisotopic (exact) mass is 461 g/mol. The highest BCUT2D eigenvalue weighted by atomic mass is 35.5. The van der Waals surface area contributed by atoms with E-state index in [0.717, 1.165) is 0 Å². The van der Waals surface area contributed by atoms with Crippen LogP contribution in [0.5, 0.6) is 0 Å². The molecule has 3 heterocycles. The van der Waals surface area contributed by atoms with Crippen molar-refractivity contribution in [2.75, 3.05) is 12.3 Å². The number of hydrogen-bond acceptors (Lipinski definition) is 11. The fourth-order valence-corrected chi connectivity index (χ4v) is 3.53. The van der Waals surface area contributed by atoms with Gasteiger partial charge in [0.15, 0.2) is 29.2 Å². The van der Waals surface area contributed by atoms with E-state index >= 15 is 0 Å². The number of carbonyl (C=O) groups excluding carboxylic acids is 3. The number of hydrogen-bond donors (Lipinski definition) is 1. The van der Waals surface area contributed by atoms with Gasteiger partial charge in [-0.2, -0.15) is 9.97 Å². The van der Waals surface area contributed by atoms with E-state index < -0.39 is 42.4 Å². The summed E-state index contributed by atoms with van der Waals surface area (Å²) < 4.78 is 22.9. The van der Waals surface area contributed by atoms with Crippen LogP contribution in [0.15, 0.2) is 0 Å². The van der Waals surface area contributed by atoms with Crippen molar-refractivity contribution in [2.24, 2.45) is 0 Å². The summed E-state index contributed by atoms with van der Waals surface area (Å²) >= 11 is 12.3. The average molecular weight is 462 g/mol. The van der Waals surface area contributed by atoms with Crippen LogP contribution >= 0.6 is 23.2 Å². The third-order valence-electron chi connectivity index (χ3n) is 4.07. The highest BCUT2D eigenvalue weighted by Crippen LogP contribution is 2.38. The molecule has 0 saturated carbocycles. The van der Waals surface area contributed by atoms with Gasteiger partial charge >= 0.3 is 17.9 Å². The van der Waals surface area contributed by atoms with Crippen LogP contribution < -0.4 is 5.73 Å². The Morgan fingerprint density at radius 3 is 2.27 bits per heavy atom. The van der Waals surface area contributed by atoms with Gasteiger partial charge in [-0.15, -0.1) is 0 Å². The van der Waals surface area contributed by atoms with E-state index in [2.05, 4.69) is 15.0 Å². The molecule has 2 N–H and O–H groups in total. The molecule has 14 heteroatoms. The number of nitrogens with two attached hydrogens (primary N) is 1. The molecule has 0 radical (unpaired) electrons. The van der Waals surface area contributed by atoms with Crippen LogP contribution in [0.2, 0.25) is 10.4 Å². The van der Waals surface area contributed by atoms with Gasteiger partial charge in [0.2, 0.25) is 11.2 Å². The van der Waals surface area contributed by atoms with Crippen molar-refractivity contribution in [2.45, 2.75) is 45.3 Å². The van der Waals surface area contributed by atoms with E-state index in [1.165, 1.54) is 25.3 Å². The molecule has 12 nitrogen and oxygen atoms in total. The molecule has 0 spiro atoms. The summed E-state index contributed by atoms with van der Waals surface area (Å²) in [7, 11) is 0. The smallest absolute Gasteiger partial charge is 0.303 e. The van der Waals surface area contributed by atoms with Crippen LogP contribution in [0.25, 0.3) is 11.2 Å². The zero-order valence-corrected chi connectivity index (χ0v) is 17.5. The number of carbonyl (C=O) groups is 3. The van der Waals surface area contributed by atoms with E-state index in [9.17, 15) is 14.4 Å². The molecule has 1 fully saturated rings. The van der Waals surface area contributed by atoms with Crippen molar-refractivity contribution in [1.82, 2.24) is 19.5 Å². The summed E-state index contributed by atoms with van der Waals surface area (Å²) in [4.78, 5) is 46.6. The molecule has 3 rings (SSSR count). The predicted molar refractivity (Wildman–Crippen MR) is 101 cm³/mol. The Morgan fingerprint density at radius 2 is 1.67 bits per heavy atom. The Labute approximate surface area is 179 Å². The molecule has 4 atom stereocenters. The SMILES string of the molecule is CC(=O)OC[C@@H]1O[C@@H](n2c(Cl)nc3c(Cl)nc(N)nc32)[C@@H](OC(C)=O)[C@H]1OC(C)=O. The summed E-state index contributed by atoms with van der Waals surface area (Å²) in [5.41, 5.74) is 5.91. The Kier molecular flexibility index (Phi) is 6.29. The zero-order chi connectivity index (χ0) is 22.2. The van der Waals surface area contributed by atoms with E-state index in [4.69, 9.17) is 47.9 Å². The first kappa shape index (κ1) is 22.0. The van der Waals surface area contributed by atoms with Gasteiger partial charge in [0.25, 0.3) is 0 Å².